The Hall–Kier alpha value is -2.17. The monoisotopic (exact) mass is 375 g/mol. The molecule has 2 N–H and O–H groups in total. The molecule has 0 spiro atoms. The van der Waals surface area contributed by atoms with E-state index in [0.717, 1.165) is 0 Å². The molecule has 2 rings (SSSR count). The van der Waals surface area contributed by atoms with Gasteiger partial charge in [-0.1, -0.05) is 0 Å². The predicted octanol–water partition coefficient (Wildman–Crippen LogP) is 1.75. The van der Waals surface area contributed by atoms with Gasteiger partial charge in [0.2, 0.25) is 0 Å². The lowest BCUT2D eigenvalue weighted by molar-refractivity contribution is -0.387. The Bertz CT molecular complexity index is 718. The fourth-order valence-corrected chi connectivity index (χ4v) is 1.73. The molecule has 0 aliphatic rings. The summed E-state index contributed by atoms with van der Waals surface area (Å²) in [5, 5.41) is 19.8. The second-order valence-electron chi connectivity index (χ2n) is 3.36. The molecular formula is C10H6IN3O5. The third kappa shape index (κ3) is 2.99. The molecule has 2 heterocycles. The van der Waals surface area contributed by atoms with Crippen LogP contribution in [0.5, 0.6) is 5.88 Å². The largest absolute Gasteiger partial charge is 0.488 e. The lowest BCUT2D eigenvalue weighted by atomic mass is 10.4. The normalized spacial score (nSPS) is 11.0. The van der Waals surface area contributed by atoms with Gasteiger partial charge in [-0.2, -0.15) is 4.98 Å². The third-order valence-electron chi connectivity index (χ3n) is 2.08. The summed E-state index contributed by atoms with van der Waals surface area (Å²) in [6.45, 7) is 0. The van der Waals surface area contributed by atoms with Gasteiger partial charge in [0, 0.05) is 0 Å². The number of nitrogens with zero attached hydrogens (tertiary/aromatic N) is 2. The minimum Gasteiger partial charge on any atom is -0.488 e. The molecule has 0 unspecified atom stereocenters. The van der Waals surface area contributed by atoms with E-state index < -0.39 is 22.0 Å². The number of aromatic hydroxyl groups is 1. The predicted molar refractivity (Wildman–Crippen MR) is 73.5 cm³/mol. The van der Waals surface area contributed by atoms with Crippen LogP contribution < -0.4 is 5.56 Å². The van der Waals surface area contributed by atoms with Crippen LogP contribution in [0.4, 0.5) is 5.69 Å². The fraction of sp³-hybridized carbons (Fsp3) is 0. The highest BCUT2D eigenvalue weighted by molar-refractivity contribution is 14.1. The van der Waals surface area contributed by atoms with Gasteiger partial charge in [0.05, 0.1) is 4.92 Å². The second kappa shape index (κ2) is 5.22. The van der Waals surface area contributed by atoms with Crippen molar-refractivity contribution in [2.75, 3.05) is 0 Å². The van der Waals surface area contributed by atoms with E-state index in [2.05, 4.69) is 9.97 Å². The van der Waals surface area contributed by atoms with Gasteiger partial charge >= 0.3 is 11.2 Å². The molecule has 0 bridgehead atoms. The summed E-state index contributed by atoms with van der Waals surface area (Å²) in [6.07, 6.45) is 2.87. The zero-order chi connectivity index (χ0) is 14.0. The van der Waals surface area contributed by atoms with Crippen LogP contribution in [0.1, 0.15) is 11.6 Å². The maximum absolute atomic E-state index is 11.4. The molecule has 0 saturated carbocycles. The highest BCUT2D eigenvalue weighted by Crippen LogP contribution is 2.17. The maximum Gasteiger partial charge on any atom is 0.395 e. The molecule has 0 aliphatic carbocycles. The number of hydrogen-bond donors (Lipinski definition) is 2. The lowest BCUT2D eigenvalue weighted by Crippen LogP contribution is -2.14. The van der Waals surface area contributed by atoms with Crippen LogP contribution in [0, 0.1) is 13.9 Å². The first-order valence-corrected chi connectivity index (χ1v) is 5.96. The van der Waals surface area contributed by atoms with Crippen molar-refractivity contribution in [3.05, 3.63) is 48.0 Å². The number of nitrogens with one attached hydrogen (secondary N) is 1. The number of halogens is 1. The summed E-state index contributed by atoms with van der Waals surface area (Å²) in [6, 6.07) is 3.44. The van der Waals surface area contributed by atoms with Gasteiger partial charge in [-0.25, -0.2) is 0 Å². The average molecular weight is 375 g/mol. The first kappa shape index (κ1) is 13.3. The Kier molecular flexibility index (Phi) is 3.64. The Morgan fingerprint density at radius 2 is 2.21 bits per heavy atom. The van der Waals surface area contributed by atoms with Crippen molar-refractivity contribution >= 4 is 40.4 Å². The van der Waals surface area contributed by atoms with E-state index in [1.807, 2.05) is 22.6 Å². The van der Waals surface area contributed by atoms with Crippen molar-refractivity contribution in [2.45, 2.75) is 0 Å². The van der Waals surface area contributed by atoms with Crippen LogP contribution in [0.2, 0.25) is 0 Å². The van der Waals surface area contributed by atoms with E-state index in [1.54, 1.807) is 12.1 Å². The molecule has 0 aromatic carbocycles. The van der Waals surface area contributed by atoms with Crippen LogP contribution in [-0.4, -0.2) is 20.0 Å². The van der Waals surface area contributed by atoms with Crippen LogP contribution in [-0.2, 0) is 0 Å². The summed E-state index contributed by atoms with van der Waals surface area (Å²) >= 11 is 1.99. The van der Waals surface area contributed by atoms with Gasteiger partial charge in [-0.15, -0.1) is 0 Å². The average Bonchev–Trinajstić information content (AvgIpc) is 2.71. The molecule has 0 saturated heterocycles. The van der Waals surface area contributed by atoms with E-state index in [9.17, 15) is 20.0 Å². The van der Waals surface area contributed by atoms with Gasteiger partial charge in [0.25, 0.3) is 5.88 Å². The van der Waals surface area contributed by atoms with Gasteiger partial charge in [-0.05, 0) is 46.9 Å². The van der Waals surface area contributed by atoms with Crippen molar-refractivity contribution in [1.29, 1.82) is 0 Å². The van der Waals surface area contributed by atoms with Gasteiger partial charge in [-0.3, -0.25) is 14.9 Å². The van der Waals surface area contributed by atoms with E-state index in [0.29, 0.717) is 9.53 Å². The molecule has 8 nitrogen and oxygen atoms in total. The number of hydrogen-bond acceptors (Lipinski definition) is 6. The number of nitro groups is 1. The molecule has 0 atom stereocenters. The number of aromatic nitrogens is 2. The second-order valence-corrected chi connectivity index (χ2v) is 4.42. The summed E-state index contributed by atoms with van der Waals surface area (Å²) in [5.74, 6) is -0.424. The van der Waals surface area contributed by atoms with Crippen molar-refractivity contribution in [3.63, 3.8) is 0 Å². The summed E-state index contributed by atoms with van der Waals surface area (Å²) in [5.41, 5.74) is -2.00. The Morgan fingerprint density at radius 1 is 1.47 bits per heavy atom. The van der Waals surface area contributed by atoms with Crippen LogP contribution in [0.25, 0.3) is 12.2 Å². The van der Waals surface area contributed by atoms with E-state index in [1.165, 1.54) is 12.2 Å². The van der Waals surface area contributed by atoms with Crippen LogP contribution in [0.15, 0.2) is 21.3 Å². The third-order valence-corrected chi connectivity index (χ3v) is 2.66. The fourth-order valence-electron chi connectivity index (χ4n) is 1.29. The molecule has 98 valence electrons. The molecule has 19 heavy (non-hydrogen) atoms. The van der Waals surface area contributed by atoms with Gasteiger partial charge in [0.1, 0.15) is 11.6 Å². The molecule has 2 aromatic heterocycles. The number of furan rings is 1. The molecule has 0 radical (unpaired) electrons. The van der Waals surface area contributed by atoms with Crippen molar-refractivity contribution in [3.8, 4) is 5.88 Å². The topological polar surface area (TPSA) is 122 Å². The van der Waals surface area contributed by atoms with E-state index in [4.69, 9.17) is 4.42 Å². The first-order chi connectivity index (χ1) is 8.97. The van der Waals surface area contributed by atoms with Crippen LogP contribution in [0.3, 0.4) is 0 Å². The zero-order valence-corrected chi connectivity index (χ0v) is 11.3. The molecule has 0 fully saturated rings. The standard InChI is InChI=1S/C10H6IN3O5/c11-6-3-1-5(19-6)2-4-7-12-9(15)8(14(17)18)10(16)13-7/h1-4H,(H2,12,13,15,16). The van der Waals surface area contributed by atoms with Gasteiger partial charge in [0.15, 0.2) is 3.77 Å². The van der Waals surface area contributed by atoms with E-state index >= 15 is 0 Å². The SMILES string of the molecule is O=c1[nH]c(C=Cc2ccc(I)o2)nc(O)c1[N+](=O)[O-]. The highest BCUT2D eigenvalue weighted by Gasteiger charge is 2.21. The Balaban J connectivity index is 2.35. The summed E-state index contributed by atoms with van der Waals surface area (Å²) in [4.78, 5) is 26.5. The van der Waals surface area contributed by atoms with Crippen molar-refractivity contribution in [1.82, 2.24) is 9.97 Å². The maximum atomic E-state index is 11.4. The lowest BCUT2D eigenvalue weighted by Gasteiger charge is -1.96. The zero-order valence-electron chi connectivity index (χ0n) is 9.16. The number of rotatable bonds is 3. The number of H-pyrrole nitrogens is 1. The van der Waals surface area contributed by atoms with E-state index in [-0.39, 0.29) is 5.82 Å². The smallest absolute Gasteiger partial charge is 0.395 e. The first-order valence-electron chi connectivity index (χ1n) is 4.88. The quantitative estimate of drug-likeness (QED) is 0.479. The minimum absolute atomic E-state index is 0.0143. The molecule has 2 aromatic rings. The molecule has 9 heteroatoms. The Morgan fingerprint density at radius 3 is 2.74 bits per heavy atom. The summed E-state index contributed by atoms with van der Waals surface area (Å²) in [7, 11) is 0. The summed E-state index contributed by atoms with van der Waals surface area (Å²) < 4.78 is 5.92. The number of aromatic amines is 1. The molecular weight excluding hydrogens is 369 g/mol. The highest BCUT2D eigenvalue weighted by atomic mass is 127. The molecule has 0 aliphatic heterocycles. The molecule has 0 amide bonds. The van der Waals surface area contributed by atoms with Gasteiger partial charge < -0.3 is 14.5 Å². The van der Waals surface area contributed by atoms with Crippen LogP contribution >= 0.6 is 22.6 Å². The Labute approximate surface area is 119 Å². The van der Waals surface area contributed by atoms with Crippen molar-refractivity contribution < 1.29 is 14.4 Å². The minimum atomic E-state index is -1.02. The van der Waals surface area contributed by atoms with Crippen molar-refractivity contribution in [2.24, 2.45) is 0 Å².